The molecule has 1 aromatic heterocycles. The van der Waals surface area contributed by atoms with E-state index in [-0.39, 0.29) is 4.90 Å². The summed E-state index contributed by atoms with van der Waals surface area (Å²) in [7, 11) is -1.71. The summed E-state index contributed by atoms with van der Waals surface area (Å²) in [6.07, 6.45) is 2.86. The van der Waals surface area contributed by atoms with Crippen molar-refractivity contribution in [2.24, 2.45) is 4.99 Å². The van der Waals surface area contributed by atoms with Crippen LogP contribution in [0.2, 0.25) is 0 Å². The fourth-order valence-corrected chi connectivity index (χ4v) is 4.26. The molecule has 0 spiro atoms. The van der Waals surface area contributed by atoms with Gasteiger partial charge in [-0.1, -0.05) is 17.4 Å². The summed E-state index contributed by atoms with van der Waals surface area (Å²) < 4.78 is 31.2. The summed E-state index contributed by atoms with van der Waals surface area (Å²) in [5.41, 5.74) is 1.25. The van der Waals surface area contributed by atoms with E-state index in [2.05, 4.69) is 11.6 Å². The van der Waals surface area contributed by atoms with Crippen molar-refractivity contribution in [1.29, 1.82) is 0 Å². The third kappa shape index (κ3) is 4.01. The van der Waals surface area contributed by atoms with Crippen molar-refractivity contribution in [3.63, 3.8) is 0 Å². The molecule has 0 radical (unpaired) electrons. The van der Waals surface area contributed by atoms with Crippen LogP contribution in [0.15, 0.2) is 65.0 Å². The summed E-state index contributed by atoms with van der Waals surface area (Å²) in [4.78, 5) is 17.5. The maximum Gasteiger partial charge on any atom is 0.279 e. The molecule has 27 heavy (non-hydrogen) atoms. The first-order valence-corrected chi connectivity index (χ1v) is 10.7. The molecular weight excluding hydrogens is 384 g/mol. The lowest BCUT2D eigenvalue weighted by molar-refractivity contribution is 0.0998. The molecular formula is C19H18N2O4S2. The molecule has 0 N–H and O–H groups in total. The highest BCUT2D eigenvalue weighted by Crippen LogP contribution is 2.23. The van der Waals surface area contributed by atoms with Crippen molar-refractivity contribution in [1.82, 2.24) is 4.57 Å². The molecule has 1 heterocycles. The monoisotopic (exact) mass is 402 g/mol. The van der Waals surface area contributed by atoms with Crippen molar-refractivity contribution in [2.45, 2.75) is 11.4 Å². The van der Waals surface area contributed by atoms with Gasteiger partial charge >= 0.3 is 0 Å². The molecule has 1 amide bonds. The number of fused-ring (bicyclic) bond motifs is 1. The molecule has 3 aromatic rings. The lowest BCUT2D eigenvalue weighted by Gasteiger charge is -2.02. The highest BCUT2D eigenvalue weighted by Gasteiger charge is 2.11. The van der Waals surface area contributed by atoms with E-state index in [1.54, 1.807) is 13.2 Å². The van der Waals surface area contributed by atoms with E-state index in [0.717, 1.165) is 22.2 Å². The van der Waals surface area contributed by atoms with E-state index < -0.39 is 15.7 Å². The Morgan fingerprint density at radius 3 is 2.56 bits per heavy atom. The number of hydrogen-bond donors (Lipinski definition) is 0. The molecule has 0 saturated heterocycles. The van der Waals surface area contributed by atoms with E-state index in [0.29, 0.717) is 16.9 Å². The predicted molar refractivity (Wildman–Crippen MR) is 106 cm³/mol. The topological polar surface area (TPSA) is 77.7 Å². The third-order valence-electron chi connectivity index (χ3n) is 3.93. The Balaban J connectivity index is 2.07. The Hall–Kier alpha value is -2.71. The zero-order valence-electron chi connectivity index (χ0n) is 14.9. The largest absolute Gasteiger partial charge is 0.497 e. The van der Waals surface area contributed by atoms with Gasteiger partial charge in [0.05, 0.1) is 22.2 Å². The quantitative estimate of drug-likeness (QED) is 0.615. The molecule has 140 valence electrons. The summed E-state index contributed by atoms with van der Waals surface area (Å²) in [6.45, 7) is 4.27. The van der Waals surface area contributed by atoms with Gasteiger partial charge in [0.2, 0.25) is 0 Å². The number of methoxy groups -OCH3 is 1. The number of ether oxygens (including phenoxy) is 1. The van der Waals surface area contributed by atoms with Gasteiger partial charge in [-0.15, -0.1) is 6.58 Å². The number of hydrogen-bond acceptors (Lipinski definition) is 5. The molecule has 0 aliphatic rings. The molecule has 0 aliphatic heterocycles. The van der Waals surface area contributed by atoms with Crippen LogP contribution in [0.3, 0.4) is 0 Å². The molecule has 0 fully saturated rings. The number of carbonyl (C=O) groups is 1. The number of carbonyl (C=O) groups excluding carboxylic acids is 1. The smallest absolute Gasteiger partial charge is 0.279 e. The second-order valence-electron chi connectivity index (χ2n) is 5.83. The Kier molecular flexibility index (Phi) is 5.29. The van der Waals surface area contributed by atoms with Crippen LogP contribution in [0.25, 0.3) is 10.2 Å². The second kappa shape index (κ2) is 7.50. The number of allylic oxidation sites excluding steroid dienone is 1. The fourth-order valence-electron chi connectivity index (χ4n) is 2.57. The second-order valence-corrected chi connectivity index (χ2v) is 8.86. The Bertz CT molecular complexity index is 1190. The zero-order valence-corrected chi connectivity index (χ0v) is 16.5. The minimum Gasteiger partial charge on any atom is -0.497 e. The van der Waals surface area contributed by atoms with E-state index >= 15 is 0 Å². The summed E-state index contributed by atoms with van der Waals surface area (Å²) in [5, 5.41) is 0. The van der Waals surface area contributed by atoms with Crippen molar-refractivity contribution in [3.8, 4) is 5.75 Å². The first-order chi connectivity index (χ1) is 12.8. The molecule has 0 atom stereocenters. The maximum atomic E-state index is 12.6. The van der Waals surface area contributed by atoms with Gasteiger partial charge < -0.3 is 9.30 Å². The number of nitrogens with zero attached hydrogens (tertiary/aromatic N) is 2. The normalized spacial score (nSPS) is 12.3. The molecule has 3 rings (SSSR count). The SMILES string of the molecule is C=CCn1c(=NC(=O)c2ccc(S(C)(=O)=O)cc2)sc2cc(OC)ccc21. The molecule has 8 heteroatoms. The van der Waals surface area contributed by atoms with Gasteiger partial charge in [-0.2, -0.15) is 4.99 Å². The first-order valence-electron chi connectivity index (χ1n) is 8.01. The minimum absolute atomic E-state index is 0.162. The van der Waals surface area contributed by atoms with Crippen molar-refractivity contribution >= 4 is 37.3 Å². The molecule has 0 saturated carbocycles. The summed E-state index contributed by atoms with van der Waals surface area (Å²) >= 11 is 1.38. The van der Waals surface area contributed by atoms with Gasteiger partial charge in [-0.05, 0) is 42.5 Å². The number of benzene rings is 2. The molecule has 0 aliphatic carbocycles. The van der Waals surface area contributed by atoms with Crippen LogP contribution in [-0.2, 0) is 16.4 Å². The number of amides is 1. The van der Waals surface area contributed by atoms with Crippen LogP contribution in [0.5, 0.6) is 5.75 Å². The van der Waals surface area contributed by atoms with Crippen LogP contribution in [0.4, 0.5) is 0 Å². The summed E-state index contributed by atoms with van der Waals surface area (Å²) in [5.74, 6) is 0.287. The maximum absolute atomic E-state index is 12.6. The van der Waals surface area contributed by atoms with Crippen LogP contribution in [0, 0.1) is 0 Å². The van der Waals surface area contributed by atoms with E-state index in [4.69, 9.17) is 4.74 Å². The van der Waals surface area contributed by atoms with Crippen LogP contribution >= 0.6 is 11.3 Å². The number of aromatic nitrogens is 1. The zero-order chi connectivity index (χ0) is 19.6. The molecule has 0 bridgehead atoms. The standard InChI is InChI=1S/C19H18N2O4S2/c1-4-11-21-16-10-7-14(25-2)12-17(16)26-19(21)20-18(22)13-5-8-15(9-6-13)27(3,23)24/h4-10,12H,1,11H2,2-3H3. The molecule has 0 unspecified atom stereocenters. The molecule has 6 nitrogen and oxygen atoms in total. The van der Waals surface area contributed by atoms with Gasteiger partial charge in [0.1, 0.15) is 5.75 Å². The Morgan fingerprint density at radius 1 is 1.26 bits per heavy atom. The fraction of sp³-hybridized carbons (Fsp3) is 0.158. The third-order valence-corrected chi connectivity index (χ3v) is 6.10. The van der Waals surface area contributed by atoms with Crippen molar-refractivity contribution < 1.29 is 17.9 Å². The van der Waals surface area contributed by atoms with Crippen molar-refractivity contribution in [3.05, 3.63) is 65.5 Å². The van der Waals surface area contributed by atoms with Gasteiger partial charge in [0.25, 0.3) is 5.91 Å². The average Bonchev–Trinajstić information content (AvgIpc) is 2.97. The lowest BCUT2D eigenvalue weighted by Crippen LogP contribution is -2.16. The number of rotatable bonds is 5. The first kappa shape index (κ1) is 19.1. The Morgan fingerprint density at radius 2 is 1.96 bits per heavy atom. The van der Waals surface area contributed by atoms with Crippen LogP contribution in [-0.4, -0.2) is 32.3 Å². The van der Waals surface area contributed by atoms with Crippen LogP contribution in [0.1, 0.15) is 10.4 Å². The van der Waals surface area contributed by atoms with Gasteiger partial charge in [0.15, 0.2) is 14.6 Å². The number of thiazole rings is 1. The van der Waals surface area contributed by atoms with Crippen molar-refractivity contribution in [2.75, 3.05) is 13.4 Å². The highest BCUT2D eigenvalue weighted by atomic mass is 32.2. The molecule has 2 aromatic carbocycles. The number of sulfone groups is 1. The highest BCUT2D eigenvalue weighted by molar-refractivity contribution is 7.90. The lowest BCUT2D eigenvalue weighted by atomic mass is 10.2. The average molecular weight is 402 g/mol. The van der Waals surface area contributed by atoms with E-state index in [1.165, 1.54) is 35.6 Å². The van der Waals surface area contributed by atoms with Crippen LogP contribution < -0.4 is 9.54 Å². The van der Waals surface area contributed by atoms with E-state index in [9.17, 15) is 13.2 Å². The summed E-state index contributed by atoms with van der Waals surface area (Å²) in [6, 6.07) is 11.4. The van der Waals surface area contributed by atoms with Gasteiger partial charge in [-0.3, -0.25) is 4.79 Å². The van der Waals surface area contributed by atoms with Gasteiger partial charge in [0, 0.05) is 18.4 Å². The minimum atomic E-state index is -3.31. The van der Waals surface area contributed by atoms with Gasteiger partial charge in [-0.25, -0.2) is 8.42 Å². The van der Waals surface area contributed by atoms with E-state index in [1.807, 2.05) is 22.8 Å². The Labute approximate surface area is 161 Å². The predicted octanol–water partition coefficient (Wildman–Crippen LogP) is 3.04.